The molecule has 0 spiro atoms. The van der Waals surface area contributed by atoms with Crippen LogP contribution in [0.4, 0.5) is 0 Å². The van der Waals surface area contributed by atoms with Crippen LogP contribution in [-0.2, 0) is 11.2 Å². The van der Waals surface area contributed by atoms with Crippen LogP contribution in [0.5, 0.6) is 0 Å². The van der Waals surface area contributed by atoms with Gasteiger partial charge in [-0.25, -0.2) is 0 Å². The van der Waals surface area contributed by atoms with E-state index >= 15 is 0 Å². The molecule has 0 aromatic carbocycles. The Morgan fingerprint density at radius 3 is 2.80 bits per heavy atom. The summed E-state index contributed by atoms with van der Waals surface area (Å²) in [6, 6.07) is 1.99. The molecule has 0 atom stereocenters. The van der Waals surface area contributed by atoms with Crippen molar-refractivity contribution < 1.29 is 4.79 Å². The van der Waals surface area contributed by atoms with Crippen molar-refractivity contribution in [2.75, 3.05) is 6.54 Å². The highest BCUT2D eigenvalue weighted by atomic mass is 79.9. The predicted molar refractivity (Wildman–Crippen MR) is 68.3 cm³/mol. The summed E-state index contributed by atoms with van der Waals surface area (Å²) in [6.45, 7) is 0.727. The van der Waals surface area contributed by atoms with Crippen LogP contribution in [0.15, 0.2) is 15.9 Å². The van der Waals surface area contributed by atoms with E-state index in [-0.39, 0.29) is 0 Å². The van der Waals surface area contributed by atoms with Gasteiger partial charge in [0, 0.05) is 22.2 Å². The molecule has 0 radical (unpaired) electrons. The number of carbonyl (C=O) groups is 1. The Balaban J connectivity index is 2.22. The Labute approximate surface area is 103 Å². The van der Waals surface area contributed by atoms with E-state index in [1.807, 2.05) is 11.4 Å². The van der Waals surface area contributed by atoms with Crippen LogP contribution in [0.25, 0.3) is 0 Å². The summed E-state index contributed by atoms with van der Waals surface area (Å²) in [5.74, 6) is 0.329. The Kier molecular flexibility index (Phi) is 6.13. The molecule has 4 heteroatoms. The quantitative estimate of drug-likeness (QED) is 0.784. The van der Waals surface area contributed by atoms with Crippen LogP contribution >= 0.6 is 27.3 Å². The van der Waals surface area contributed by atoms with Gasteiger partial charge >= 0.3 is 0 Å². The molecule has 0 saturated carbocycles. The molecule has 2 nitrogen and oxygen atoms in total. The van der Waals surface area contributed by atoms with Crippen LogP contribution in [0, 0.1) is 0 Å². The van der Waals surface area contributed by atoms with Gasteiger partial charge in [-0.1, -0.05) is 6.42 Å². The Bertz CT molecular complexity index is 311. The maximum absolute atomic E-state index is 11.6. The fourth-order valence-corrected chi connectivity index (χ4v) is 2.88. The second-order valence-electron chi connectivity index (χ2n) is 3.51. The monoisotopic (exact) mass is 289 g/mol. The Hall–Kier alpha value is -0.190. The lowest BCUT2D eigenvalue weighted by Gasteiger charge is -1.99. The van der Waals surface area contributed by atoms with Crippen molar-refractivity contribution in [3.63, 3.8) is 0 Å². The lowest BCUT2D eigenvalue weighted by molar-refractivity contribution is -0.118. The van der Waals surface area contributed by atoms with Gasteiger partial charge in [0.25, 0.3) is 0 Å². The molecular weight excluding hydrogens is 274 g/mol. The number of unbranched alkanes of at least 4 members (excludes halogenated alkanes) is 2. The smallest absolute Gasteiger partial charge is 0.138 e. The van der Waals surface area contributed by atoms with E-state index in [1.165, 1.54) is 0 Å². The van der Waals surface area contributed by atoms with Crippen LogP contribution in [0.1, 0.15) is 30.6 Å². The van der Waals surface area contributed by atoms with Gasteiger partial charge in [0.1, 0.15) is 5.78 Å². The highest BCUT2D eigenvalue weighted by molar-refractivity contribution is 9.10. The minimum Gasteiger partial charge on any atom is -0.330 e. The van der Waals surface area contributed by atoms with Gasteiger partial charge in [-0.05, 0) is 46.8 Å². The molecule has 1 rings (SSSR count). The Morgan fingerprint density at radius 2 is 2.20 bits per heavy atom. The van der Waals surface area contributed by atoms with Gasteiger partial charge in [0.05, 0.1) is 0 Å². The minimum absolute atomic E-state index is 0.329. The first-order chi connectivity index (χ1) is 7.24. The van der Waals surface area contributed by atoms with Gasteiger partial charge in [-0.2, -0.15) is 0 Å². The molecule has 1 aromatic heterocycles. The third-order valence-corrected chi connectivity index (χ3v) is 4.13. The largest absolute Gasteiger partial charge is 0.330 e. The van der Waals surface area contributed by atoms with Gasteiger partial charge in [0.15, 0.2) is 0 Å². The van der Waals surface area contributed by atoms with E-state index in [9.17, 15) is 4.79 Å². The molecular formula is C11H16BrNOS. The second-order valence-corrected chi connectivity index (χ2v) is 5.36. The minimum atomic E-state index is 0.329. The molecule has 84 valence electrons. The van der Waals surface area contributed by atoms with Crippen molar-refractivity contribution in [3.05, 3.63) is 20.8 Å². The van der Waals surface area contributed by atoms with Gasteiger partial charge < -0.3 is 5.73 Å². The molecule has 0 fully saturated rings. The molecule has 0 amide bonds. The van der Waals surface area contributed by atoms with Crippen molar-refractivity contribution in [1.82, 2.24) is 0 Å². The number of rotatable bonds is 7. The van der Waals surface area contributed by atoms with E-state index in [0.717, 1.165) is 35.2 Å². The van der Waals surface area contributed by atoms with Crippen molar-refractivity contribution in [2.45, 2.75) is 32.1 Å². The number of hydrogen-bond donors (Lipinski definition) is 1. The average Bonchev–Trinajstić information content (AvgIpc) is 2.59. The lowest BCUT2D eigenvalue weighted by atomic mass is 10.1. The number of halogens is 1. The number of Topliss-reactive ketones (excluding diaryl/α,β-unsaturated/α-hetero) is 1. The standard InChI is InChI=1S/C11H16BrNOS/c12-10-5-7-15-11(10)8-9(14)4-2-1-3-6-13/h5,7H,1-4,6,8,13H2. The zero-order valence-corrected chi connectivity index (χ0v) is 11.1. The summed E-state index contributed by atoms with van der Waals surface area (Å²) in [4.78, 5) is 12.7. The molecule has 0 unspecified atom stereocenters. The highest BCUT2D eigenvalue weighted by Gasteiger charge is 2.07. The van der Waals surface area contributed by atoms with Gasteiger partial charge in [-0.15, -0.1) is 11.3 Å². The highest BCUT2D eigenvalue weighted by Crippen LogP contribution is 2.23. The molecule has 0 aliphatic rings. The number of ketones is 1. The van der Waals surface area contributed by atoms with E-state index in [4.69, 9.17) is 5.73 Å². The molecule has 0 bridgehead atoms. The maximum Gasteiger partial charge on any atom is 0.138 e. The summed E-state index contributed by atoms with van der Waals surface area (Å²) >= 11 is 5.06. The first kappa shape index (κ1) is 12.9. The number of carbonyl (C=O) groups excluding carboxylic acids is 1. The summed E-state index contributed by atoms with van der Waals surface area (Å²) in [5.41, 5.74) is 5.39. The first-order valence-corrected chi connectivity index (χ1v) is 6.85. The van der Waals surface area contributed by atoms with E-state index in [0.29, 0.717) is 18.6 Å². The average molecular weight is 290 g/mol. The zero-order valence-electron chi connectivity index (χ0n) is 8.67. The first-order valence-electron chi connectivity index (χ1n) is 5.17. The molecule has 2 N–H and O–H groups in total. The molecule has 0 saturated heterocycles. The van der Waals surface area contributed by atoms with Crippen LogP contribution in [0.2, 0.25) is 0 Å². The molecule has 0 aliphatic heterocycles. The molecule has 15 heavy (non-hydrogen) atoms. The van der Waals surface area contributed by atoms with E-state index in [2.05, 4.69) is 15.9 Å². The SMILES string of the molecule is NCCCCCC(=O)Cc1sccc1Br. The predicted octanol–water partition coefficient (Wildman–Crippen LogP) is 3.14. The topological polar surface area (TPSA) is 43.1 Å². The van der Waals surface area contributed by atoms with Crippen molar-refractivity contribution in [1.29, 1.82) is 0 Å². The summed E-state index contributed by atoms with van der Waals surface area (Å²) in [6.07, 6.45) is 4.31. The molecule has 1 aromatic rings. The fourth-order valence-electron chi connectivity index (χ4n) is 1.36. The van der Waals surface area contributed by atoms with Crippen molar-refractivity contribution in [3.8, 4) is 0 Å². The summed E-state index contributed by atoms with van der Waals surface area (Å²) in [5, 5.41) is 2.00. The molecule has 1 heterocycles. The summed E-state index contributed by atoms with van der Waals surface area (Å²) in [7, 11) is 0. The van der Waals surface area contributed by atoms with Gasteiger partial charge in [0.2, 0.25) is 0 Å². The second kappa shape index (κ2) is 7.14. The van der Waals surface area contributed by atoms with Crippen LogP contribution in [0.3, 0.4) is 0 Å². The van der Waals surface area contributed by atoms with E-state index in [1.54, 1.807) is 11.3 Å². The van der Waals surface area contributed by atoms with E-state index < -0.39 is 0 Å². The zero-order chi connectivity index (χ0) is 11.1. The Morgan fingerprint density at radius 1 is 1.40 bits per heavy atom. The fraction of sp³-hybridized carbons (Fsp3) is 0.545. The normalized spacial score (nSPS) is 10.5. The number of thiophene rings is 1. The number of nitrogens with two attached hydrogens (primary N) is 1. The third kappa shape index (κ3) is 4.91. The molecule has 0 aliphatic carbocycles. The number of hydrogen-bond acceptors (Lipinski definition) is 3. The van der Waals surface area contributed by atoms with Crippen molar-refractivity contribution in [2.24, 2.45) is 5.73 Å². The van der Waals surface area contributed by atoms with Gasteiger partial charge in [-0.3, -0.25) is 4.79 Å². The van der Waals surface area contributed by atoms with Crippen LogP contribution < -0.4 is 5.73 Å². The summed E-state index contributed by atoms with van der Waals surface area (Å²) < 4.78 is 1.06. The third-order valence-electron chi connectivity index (χ3n) is 2.21. The van der Waals surface area contributed by atoms with Crippen LogP contribution in [-0.4, -0.2) is 12.3 Å². The lowest BCUT2D eigenvalue weighted by Crippen LogP contribution is -2.03. The maximum atomic E-state index is 11.6. The van der Waals surface area contributed by atoms with Crippen molar-refractivity contribution >= 4 is 33.0 Å².